The first kappa shape index (κ1) is 16.7. The summed E-state index contributed by atoms with van der Waals surface area (Å²) in [6.45, 7) is 3.06. The second-order valence-corrected chi connectivity index (χ2v) is 7.70. The van der Waals surface area contributed by atoms with Gasteiger partial charge in [-0.05, 0) is 36.5 Å². The molecule has 0 spiro atoms. The van der Waals surface area contributed by atoms with Crippen LogP contribution in [0.1, 0.15) is 31.7 Å². The molecular weight excluding hydrogens is 315 g/mol. The van der Waals surface area contributed by atoms with Crippen molar-refractivity contribution >= 4 is 21.6 Å². The third-order valence-electron chi connectivity index (χ3n) is 3.88. The minimum Gasteiger partial charge on any atom is -0.326 e. The van der Waals surface area contributed by atoms with Gasteiger partial charge >= 0.3 is 0 Å². The van der Waals surface area contributed by atoms with E-state index < -0.39 is 15.8 Å². The Morgan fingerprint density at radius 1 is 1.48 bits per heavy atom. The summed E-state index contributed by atoms with van der Waals surface area (Å²) in [5.41, 5.74) is 5.79. The Hall–Kier alpha value is -0.690. The van der Waals surface area contributed by atoms with Crippen molar-refractivity contribution in [3.05, 3.63) is 28.5 Å². The lowest BCUT2D eigenvalue weighted by molar-refractivity contribution is 0.444. The molecule has 1 aromatic carbocycles. The van der Waals surface area contributed by atoms with Crippen molar-refractivity contribution in [1.82, 2.24) is 4.31 Å². The highest BCUT2D eigenvalue weighted by molar-refractivity contribution is 7.89. The van der Waals surface area contributed by atoms with Gasteiger partial charge in [-0.15, -0.1) is 0 Å². The lowest BCUT2D eigenvalue weighted by atomic mass is 10.0. The van der Waals surface area contributed by atoms with Gasteiger partial charge in [0.15, 0.2) is 0 Å². The van der Waals surface area contributed by atoms with E-state index in [1.807, 2.05) is 0 Å². The molecule has 0 bridgehead atoms. The van der Waals surface area contributed by atoms with E-state index in [1.54, 1.807) is 0 Å². The van der Waals surface area contributed by atoms with E-state index in [0.717, 1.165) is 25.3 Å². The Balaban J connectivity index is 2.30. The van der Waals surface area contributed by atoms with Crippen LogP contribution in [0.15, 0.2) is 17.0 Å². The van der Waals surface area contributed by atoms with Crippen molar-refractivity contribution in [1.29, 1.82) is 0 Å². The number of hydrogen-bond donors (Lipinski definition) is 1. The molecule has 2 N–H and O–H groups in total. The molecule has 21 heavy (non-hydrogen) atoms. The molecule has 1 fully saturated rings. The van der Waals surface area contributed by atoms with Crippen LogP contribution in [-0.4, -0.2) is 25.8 Å². The molecule has 1 aromatic rings. The van der Waals surface area contributed by atoms with Crippen LogP contribution in [0.2, 0.25) is 5.02 Å². The van der Waals surface area contributed by atoms with Crippen LogP contribution < -0.4 is 5.73 Å². The van der Waals surface area contributed by atoms with Gasteiger partial charge in [0, 0.05) is 19.6 Å². The molecule has 1 heterocycles. The van der Waals surface area contributed by atoms with Crippen molar-refractivity contribution in [2.75, 3.05) is 13.1 Å². The van der Waals surface area contributed by atoms with E-state index in [0.29, 0.717) is 24.6 Å². The Morgan fingerprint density at radius 2 is 2.19 bits per heavy atom. The molecule has 4 nitrogen and oxygen atoms in total. The molecule has 7 heteroatoms. The molecule has 2 rings (SSSR count). The molecule has 1 aliphatic rings. The monoisotopic (exact) mass is 334 g/mol. The maximum Gasteiger partial charge on any atom is 0.243 e. The van der Waals surface area contributed by atoms with Crippen LogP contribution >= 0.6 is 11.6 Å². The lowest BCUT2D eigenvalue weighted by Crippen LogP contribution is -2.29. The molecule has 0 radical (unpaired) electrons. The molecule has 118 valence electrons. The van der Waals surface area contributed by atoms with Gasteiger partial charge in [0.2, 0.25) is 10.0 Å². The van der Waals surface area contributed by atoms with Gasteiger partial charge < -0.3 is 5.73 Å². The van der Waals surface area contributed by atoms with E-state index in [9.17, 15) is 12.8 Å². The minimum absolute atomic E-state index is 0.00241. The van der Waals surface area contributed by atoms with Gasteiger partial charge in [0.25, 0.3) is 0 Å². The highest BCUT2D eigenvalue weighted by Gasteiger charge is 2.32. The van der Waals surface area contributed by atoms with Crippen molar-refractivity contribution in [2.45, 2.75) is 37.6 Å². The predicted molar refractivity (Wildman–Crippen MR) is 81.1 cm³/mol. The van der Waals surface area contributed by atoms with Crippen LogP contribution in [0, 0.1) is 11.7 Å². The molecular formula is C14H20ClFN2O2S. The third kappa shape index (κ3) is 3.39. The van der Waals surface area contributed by atoms with Gasteiger partial charge in [0.05, 0.1) is 9.92 Å². The van der Waals surface area contributed by atoms with Crippen LogP contribution in [0.5, 0.6) is 0 Å². The minimum atomic E-state index is -3.68. The summed E-state index contributed by atoms with van der Waals surface area (Å²) in [7, 11) is -3.68. The molecule has 0 aromatic heterocycles. The number of halogens is 2. The third-order valence-corrected chi connectivity index (χ3v) is 6.15. The number of benzene rings is 1. The zero-order valence-electron chi connectivity index (χ0n) is 12.0. The average Bonchev–Trinajstić information content (AvgIpc) is 2.91. The average molecular weight is 335 g/mol. The molecule has 0 amide bonds. The number of nitrogens with zero attached hydrogens (tertiary/aromatic N) is 1. The summed E-state index contributed by atoms with van der Waals surface area (Å²) in [6.07, 6.45) is 2.90. The first-order valence-corrected chi connectivity index (χ1v) is 8.90. The molecule has 1 saturated heterocycles. The Labute approximate surface area is 130 Å². The molecule has 1 unspecified atom stereocenters. The van der Waals surface area contributed by atoms with Crippen LogP contribution in [0.25, 0.3) is 0 Å². The maximum absolute atomic E-state index is 13.8. The fraction of sp³-hybridized carbons (Fsp3) is 0.571. The van der Waals surface area contributed by atoms with Crippen LogP contribution in [0.3, 0.4) is 0 Å². The highest BCUT2D eigenvalue weighted by Crippen LogP contribution is 2.30. The number of sulfonamides is 1. The van der Waals surface area contributed by atoms with E-state index in [4.69, 9.17) is 17.3 Å². The zero-order chi connectivity index (χ0) is 15.6. The van der Waals surface area contributed by atoms with E-state index in [-0.39, 0.29) is 16.5 Å². The van der Waals surface area contributed by atoms with Crippen molar-refractivity contribution in [3.63, 3.8) is 0 Å². The van der Waals surface area contributed by atoms with E-state index in [1.165, 1.54) is 10.4 Å². The summed E-state index contributed by atoms with van der Waals surface area (Å²) >= 11 is 5.78. The maximum atomic E-state index is 13.8. The molecule has 0 aliphatic carbocycles. The smallest absolute Gasteiger partial charge is 0.243 e. The van der Waals surface area contributed by atoms with E-state index in [2.05, 4.69) is 6.92 Å². The summed E-state index contributed by atoms with van der Waals surface area (Å²) in [4.78, 5) is -0.0676. The first-order valence-electron chi connectivity index (χ1n) is 7.08. The summed E-state index contributed by atoms with van der Waals surface area (Å²) in [6, 6.07) is 2.35. The van der Waals surface area contributed by atoms with Crippen molar-refractivity contribution < 1.29 is 12.8 Å². The van der Waals surface area contributed by atoms with Crippen LogP contribution in [-0.2, 0) is 16.6 Å². The van der Waals surface area contributed by atoms with Gasteiger partial charge in [0.1, 0.15) is 5.82 Å². The topological polar surface area (TPSA) is 63.4 Å². The zero-order valence-corrected chi connectivity index (χ0v) is 13.6. The first-order chi connectivity index (χ1) is 9.90. The van der Waals surface area contributed by atoms with E-state index >= 15 is 0 Å². The Morgan fingerprint density at radius 3 is 2.81 bits per heavy atom. The standard InChI is InChI=1S/C14H20ClFN2O2S/c1-2-3-10-4-5-18(9-10)21(19,20)12-6-11(8-17)14(15)13(16)7-12/h6-7,10H,2-5,8-9,17H2,1H3. The van der Waals surface area contributed by atoms with Crippen molar-refractivity contribution in [2.24, 2.45) is 11.7 Å². The second-order valence-electron chi connectivity index (χ2n) is 5.39. The quantitative estimate of drug-likeness (QED) is 0.900. The Kier molecular flexibility index (Phi) is 5.24. The van der Waals surface area contributed by atoms with Gasteiger partial charge in [-0.3, -0.25) is 0 Å². The number of rotatable bonds is 5. The summed E-state index contributed by atoms with van der Waals surface area (Å²) in [5.74, 6) is -0.363. The summed E-state index contributed by atoms with van der Waals surface area (Å²) in [5, 5.41) is -0.110. The molecule has 1 atom stereocenters. The number of hydrogen-bond acceptors (Lipinski definition) is 3. The highest BCUT2D eigenvalue weighted by atomic mass is 35.5. The van der Waals surface area contributed by atoms with Gasteiger partial charge in [-0.2, -0.15) is 4.31 Å². The largest absolute Gasteiger partial charge is 0.326 e. The van der Waals surface area contributed by atoms with Crippen molar-refractivity contribution in [3.8, 4) is 0 Å². The van der Waals surface area contributed by atoms with Gasteiger partial charge in [-0.1, -0.05) is 24.9 Å². The SMILES string of the molecule is CCCC1CCN(S(=O)(=O)c2cc(F)c(Cl)c(CN)c2)C1. The molecule has 0 saturated carbocycles. The van der Waals surface area contributed by atoms with Crippen LogP contribution in [0.4, 0.5) is 4.39 Å². The molecule has 1 aliphatic heterocycles. The second kappa shape index (κ2) is 6.60. The lowest BCUT2D eigenvalue weighted by Gasteiger charge is -2.17. The fourth-order valence-electron chi connectivity index (χ4n) is 2.72. The Bertz CT molecular complexity index is 622. The summed E-state index contributed by atoms with van der Waals surface area (Å²) < 4.78 is 40.4. The number of nitrogens with two attached hydrogens (primary N) is 1. The fourth-order valence-corrected chi connectivity index (χ4v) is 4.51. The normalized spacial score (nSPS) is 20.1. The predicted octanol–water partition coefficient (Wildman–Crippen LogP) is 2.75. The van der Waals surface area contributed by atoms with Gasteiger partial charge in [-0.25, -0.2) is 12.8 Å².